The highest BCUT2D eigenvalue weighted by Gasteiger charge is 2.21. The van der Waals surface area contributed by atoms with Crippen LogP contribution in [0.4, 0.5) is 0 Å². The first-order chi connectivity index (χ1) is 12.1. The number of carbonyl (C=O) groups excluding carboxylic acids is 2. The Morgan fingerprint density at radius 1 is 1.31 bits per heavy atom. The topological polar surface area (TPSA) is 128 Å². The van der Waals surface area contributed by atoms with Gasteiger partial charge in [-0.3, -0.25) is 14.4 Å². The molecule has 0 aliphatic carbocycles. The van der Waals surface area contributed by atoms with Crippen LogP contribution >= 0.6 is 11.6 Å². The van der Waals surface area contributed by atoms with Crippen molar-refractivity contribution in [1.82, 2.24) is 5.32 Å². The number of carbonyl (C=O) groups is 3. The van der Waals surface area contributed by atoms with Gasteiger partial charge in [0.1, 0.15) is 0 Å². The Balaban J connectivity index is 2.90. The lowest BCUT2D eigenvalue weighted by molar-refractivity contribution is -0.142. The lowest BCUT2D eigenvalue weighted by atomic mass is 9.97. The number of ether oxygens (including phenoxy) is 2. The van der Waals surface area contributed by atoms with E-state index in [1.165, 1.54) is 19.2 Å². The SMILES string of the molecule is COc1cc(C(=O)NCC(CC(C)C)C(=O)O)cc(Cl)c1OCC(N)=O. The molecule has 8 nitrogen and oxygen atoms in total. The second-order valence-corrected chi connectivity index (χ2v) is 6.53. The third kappa shape index (κ3) is 6.44. The number of hydrogen-bond acceptors (Lipinski definition) is 5. The summed E-state index contributed by atoms with van der Waals surface area (Å²) in [6.45, 7) is 3.42. The summed E-state index contributed by atoms with van der Waals surface area (Å²) in [7, 11) is 1.35. The Labute approximate surface area is 156 Å². The molecule has 1 unspecified atom stereocenters. The summed E-state index contributed by atoms with van der Waals surface area (Å²) in [5.41, 5.74) is 5.20. The Hall–Kier alpha value is -2.48. The summed E-state index contributed by atoms with van der Waals surface area (Å²) >= 11 is 6.09. The zero-order chi connectivity index (χ0) is 19.9. The standard InChI is InChI=1S/C17H23ClN2O6/c1-9(2)4-11(17(23)24)7-20-16(22)10-5-12(18)15(13(6-10)25-3)26-8-14(19)21/h5-6,9,11H,4,7-8H2,1-3H3,(H2,19,21)(H,20,22)(H,23,24). The molecule has 1 atom stereocenters. The van der Waals surface area contributed by atoms with Crippen LogP contribution in [0.15, 0.2) is 12.1 Å². The van der Waals surface area contributed by atoms with E-state index in [9.17, 15) is 19.5 Å². The number of primary amides is 1. The van der Waals surface area contributed by atoms with E-state index in [2.05, 4.69) is 5.32 Å². The van der Waals surface area contributed by atoms with E-state index in [4.69, 9.17) is 26.8 Å². The van der Waals surface area contributed by atoms with Crippen LogP contribution in [0.1, 0.15) is 30.6 Å². The van der Waals surface area contributed by atoms with Crippen molar-refractivity contribution in [3.8, 4) is 11.5 Å². The van der Waals surface area contributed by atoms with Gasteiger partial charge in [-0.15, -0.1) is 0 Å². The van der Waals surface area contributed by atoms with Crippen molar-refractivity contribution in [1.29, 1.82) is 0 Å². The molecule has 0 spiro atoms. The second kappa shape index (κ2) is 9.86. The van der Waals surface area contributed by atoms with Gasteiger partial charge < -0.3 is 25.6 Å². The Bertz CT molecular complexity index is 677. The molecule has 1 aromatic rings. The molecule has 26 heavy (non-hydrogen) atoms. The van der Waals surface area contributed by atoms with Gasteiger partial charge >= 0.3 is 5.97 Å². The molecule has 0 aliphatic heterocycles. The van der Waals surface area contributed by atoms with Gasteiger partial charge in [0.25, 0.3) is 11.8 Å². The molecule has 9 heteroatoms. The molecule has 0 aliphatic rings. The molecule has 144 valence electrons. The third-order valence-corrected chi connectivity index (χ3v) is 3.75. The zero-order valence-electron chi connectivity index (χ0n) is 14.9. The number of nitrogens with one attached hydrogen (secondary N) is 1. The lowest BCUT2D eigenvalue weighted by Crippen LogP contribution is -2.33. The van der Waals surface area contributed by atoms with E-state index < -0.39 is 30.3 Å². The summed E-state index contributed by atoms with van der Waals surface area (Å²) in [4.78, 5) is 34.4. The first kappa shape index (κ1) is 21.6. The van der Waals surface area contributed by atoms with Crippen LogP contribution in [0, 0.1) is 11.8 Å². The molecule has 0 saturated heterocycles. The number of halogens is 1. The Morgan fingerprint density at radius 3 is 2.46 bits per heavy atom. The van der Waals surface area contributed by atoms with Gasteiger partial charge in [0, 0.05) is 12.1 Å². The molecule has 1 rings (SSSR count). The average Bonchev–Trinajstić information content (AvgIpc) is 2.55. The fraction of sp³-hybridized carbons (Fsp3) is 0.471. The van der Waals surface area contributed by atoms with Crippen LogP contribution in [0.25, 0.3) is 0 Å². The molecule has 2 amide bonds. The molecule has 1 aromatic carbocycles. The predicted molar refractivity (Wildman–Crippen MR) is 95.6 cm³/mol. The number of nitrogens with two attached hydrogens (primary N) is 1. The predicted octanol–water partition coefficient (Wildman–Crippen LogP) is 1.69. The van der Waals surface area contributed by atoms with Crippen LogP contribution < -0.4 is 20.5 Å². The third-order valence-electron chi connectivity index (χ3n) is 3.46. The molecule has 0 aromatic heterocycles. The second-order valence-electron chi connectivity index (χ2n) is 6.12. The summed E-state index contributed by atoms with van der Waals surface area (Å²) < 4.78 is 10.3. The van der Waals surface area contributed by atoms with E-state index in [-0.39, 0.29) is 34.5 Å². The molecule has 0 fully saturated rings. The molecular formula is C17H23ClN2O6. The normalized spacial score (nSPS) is 11.7. The molecule has 0 bridgehead atoms. The number of methoxy groups -OCH3 is 1. The van der Waals surface area contributed by atoms with E-state index in [0.29, 0.717) is 6.42 Å². The fourth-order valence-corrected chi connectivity index (χ4v) is 2.56. The molecule has 0 radical (unpaired) electrons. The summed E-state index contributed by atoms with van der Waals surface area (Å²) in [5, 5.41) is 11.9. The summed E-state index contributed by atoms with van der Waals surface area (Å²) in [6, 6.07) is 2.73. The van der Waals surface area contributed by atoms with Crippen molar-refractivity contribution < 1.29 is 29.0 Å². The maximum Gasteiger partial charge on any atom is 0.308 e. The summed E-state index contributed by atoms with van der Waals surface area (Å²) in [6.07, 6.45) is 0.444. The quantitative estimate of drug-likeness (QED) is 0.561. The van der Waals surface area contributed by atoms with E-state index in [1.54, 1.807) is 0 Å². The van der Waals surface area contributed by atoms with Crippen molar-refractivity contribution in [2.45, 2.75) is 20.3 Å². The highest BCUT2D eigenvalue weighted by atomic mass is 35.5. The van der Waals surface area contributed by atoms with Gasteiger partial charge in [0.15, 0.2) is 18.1 Å². The smallest absolute Gasteiger partial charge is 0.308 e. The van der Waals surface area contributed by atoms with Gasteiger partial charge in [-0.25, -0.2) is 0 Å². The van der Waals surface area contributed by atoms with Gasteiger partial charge in [-0.2, -0.15) is 0 Å². The minimum Gasteiger partial charge on any atom is -0.493 e. The van der Waals surface area contributed by atoms with E-state index >= 15 is 0 Å². The van der Waals surface area contributed by atoms with Crippen LogP contribution in [-0.4, -0.2) is 43.2 Å². The first-order valence-electron chi connectivity index (χ1n) is 7.95. The maximum atomic E-state index is 12.3. The number of amides is 2. The van der Waals surface area contributed by atoms with Gasteiger partial charge in [-0.05, 0) is 24.5 Å². The minimum atomic E-state index is -0.968. The highest BCUT2D eigenvalue weighted by Crippen LogP contribution is 2.36. The monoisotopic (exact) mass is 386 g/mol. The van der Waals surface area contributed by atoms with Crippen molar-refractivity contribution in [3.05, 3.63) is 22.7 Å². The fourth-order valence-electron chi connectivity index (χ4n) is 2.29. The molecule has 0 heterocycles. The number of carboxylic acids is 1. The molecule has 4 N–H and O–H groups in total. The van der Waals surface area contributed by atoms with Crippen LogP contribution in [-0.2, 0) is 9.59 Å². The highest BCUT2D eigenvalue weighted by molar-refractivity contribution is 6.32. The van der Waals surface area contributed by atoms with Crippen molar-refractivity contribution in [3.63, 3.8) is 0 Å². The number of rotatable bonds is 10. The van der Waals surface area contributed by atoms with Crippen molar-refractivity contribution in [2.24, 2.45) is 17.6 Å². The van der Waals surface area contributed by atoms with Crippen molar-refractivity contribution >= 4 is 29.4 Å². The number of carboxylic acid groups (broad SMARTS) is 1. The molecular weight excluding hydrogens is 364 g/mol. The van der Waals surface area contributed by atoms with Crippen LogP contribution in [0.2, 0.25) is 5.02 Å². The number of benzene rings is 1. The molecule has 0 saturated carbocycles. The van der Waals surface area contributed by atoms with Crippen molar-refractivity contribution in [2.75, 3.05) is 20.3 Å². The van der Waals surface area contributed by atoms with Crippen LogP contribution in [0.5, 0.6) is 11.5 Å². The Kier molecular flexibility index (Phi) is 8.18. The Morgan fingerprint density at radius 2 is 1.96 bits per heavy atom. The minimum absolute atomic E-state index is 0.00773. The van der Waals surface area contributed by atoms with E-state index in [1.807, 2.05) is 13.8 Å². The van der Waals surface area contributed by atoms with Gasteiger partial charge in [0.05, 0.1) is 18.1 Å². The van der Waals surface area contributed by atoms with Gasteiger partial charge in [-0.1, -0.05) is 25.4 Å². The zero-order valence-corrected chi connectivity index (χ0v) is 15.6. The first-order valence-corrected chi connectivity index (χ1v) is 8.33. The number of aliphatic carboxylic acids is 1. The maximum absolute atomic E-state index is 12.3. The van der Waals surface area contributed by atoms with Gasteiger partial charge in [0.2, 0.25) is 0 Å². The lowest BCUT2D eigenvalue weighted by Gasteiger charge is -2.16. The average molecular weight is 387 g/mol. The number of hydrogen-bond donors (Lipinski definition) is 3. The van der Waals surface area contributed by atoms with E-state index in [0.717, 1.165) is 0 Å². The summed E-state index contributed by atoms with van der Waals surface area (Å²) in [5.74, 6) is -2.41. The van der Waals surface area contributed by atoms with Crippen LogP contribution in [0.3, 0.4) is 0 Å². The largest absolute Gasteiger partial charge is 0.493 e.